The lowest BCUT2D eigenvalue weighted by Crippen LogP contribution is -2.50. The van der Waals surface area contributed by atoms with E-state index in [1.54, 1.807) is 24.3 Å². The highest BCUT2D eigenvalue weighted by molar-refractivity contribution is 7.80. The van der Waals surface area contributed by atoms with Crippen LogP contribution < -0.4 is 0 Å². The third-order valence-corrected chi connectivity index (χ3v) is 4.13. The van der Waals surface area contributed by atoms with Crippen molar-refractivity contribution in [2.75, 3.05) is 26.2 Å². The van der Waals surface area contributed by atoms with E-state index in [-0.39, 0.29) is 11.4 Å². The standard InChI is InChI=1S/C14H19ClN2O2S/c1-10(15)16-6-8-17(9-7-16)13(18)11-2-4-12(5-3-11)14(19)20/h2-5,10,14,19-20H,6-9H2,1H3. The van der Waals surface area contributed by atoms with Crippen LogP contribution in [0, 0.1) is 0 Å². The molecule has 1 heterocycles. The number of carbonyl (C=O) groups is 1. The van der Waals surface area contributed by atoms with Gasteiger partial charge in [0.2, 0.25) is 0 Å². The van der Waals surface area contributed by atoms with E-state index in [1.165, 1.54) is 0 Å². The lowest BCUT2D eigenvalue weighted by atomic mass is 10.1. The number of amides is 1. The fraction of sp³-hybridized carbons (Fsp3) is 0.500. The number of hydrogen-bond acceptors (Lipinski definition) is 4. The van der Waals surface area contributed by atoms with E-state index < -0.39 is 5.44 Å². The van der Waals surface area contributed by atoms with E-state index in [1.807, 2.05) is 11.8 Å². The van der Waals surface area contributed by atoms with Crippen molar-refractivity contribution in [3.05, 3.63) is 35.4 Å². The van der Waals surface area contributed by atoms with E-state index in [0.29, 0.717) is 24.2 Å². The van der Waals surface area contributed by atoms with Gasteiger partial charge >= 0.3 is 0 Å². The second-order valence-corrected chi connectivity index (χ2v) is 6.02. The van der Waals surface area contributed by atoms with Gasteiger partial charge < -0.3 is 10.0 Å². The molecule has 2 unspecified atom stereocenters. The number of alkyl halides is 1. The minimum atomic E-state index is -0.812. The first-order valence-corrected chi connectivity index (χ1v) is 7.58. The van der Waals surface area contributed by atoms with Crippen molar-refractivity contribution in [1.29, 1.82) is 0 Å². The van der Waals surface area contributed by atoms with Crippen molar-refractivity contribution in [2.24, 2.45) is 0 Å². The highest BCUT2D eigenvalue weighted by Crippen LogP contribution is 2.18. The van der Waals surface area contributed by atoms with Gasteiger partial charge in [0.1, 0.15) is 5.44 Å². The lowest BCUT2D eigenvalue weighted by molar-refractivity contribution is 0.0627. The second-order valence-electron chi connectivity index (χ2n) is 4.90. The van der Waals surface area contributed by atoms with Crippen LogP contribution in [0.5, 0.6) is 0 Å². The van der Waals surface area contributed by atoms with E-state index in [4.69, 9.17) is 11.6 Å². The topological polar surface area (TPSA) is 43.8 Å². The summed E-state index contributed by atoms with van der Waals surface area (Å²) in [6.45, 7) is 4.91. The van der Waals surface area contributed by atoms with Crippen LogP contribution in [0.4, 0.5) is 0 Å². The summed E-state index contributed by atoms with van der Waals surface area (Å²) in [6, 6.07) is 6.91. The number of aliphatic hydroxyl groups is 1. The van der Waals surface area contributed by atoms with Crippen molar-refractivity contribution in [2.45, 2.75) is 17.9 Å². The molecule has 1 aliphatic rings. The predicted molar refractivity (Wildman–Crippen MR) is 83.2 cm³/mol. The molecule has 1 fully saturated rings. The molecule has 1 amide bonds. The largest absolute Gasteiger partial charge is 0.378 e. The minimum absolute atomic E-state index is 0.00316. The van der Waals surface area contributed by atoms with Gasteiger partial charge in [-0.2, -0.15) is 0 Å². The van der Waals surface area contributed by atoms with E-state index >= 15 is 0 Å². The summed E-state index contributed by atoms with van der Waals surface area (Å²) in [7, 11) is 0. The molecule has 6 heteroatoms. The predicted octanol–water partition coefficient (Wildman–Crippen LogP) is 1.95. The highest BCUT2D eigenvalue weighted by atomic mass is 35.5. The van der Waals surface area contributed by atoms with Crippen molar-refractivity contribution >= 4 is 30.1 Å². The molecule has 1 aliphatic heterocycles. The summed E-state index contributed by atoms with van der Waals surface area (Å²) in [5.74, 6) is 0.0204. The molecular formula is C14H19ClN2O2S. The van der Waals surface area contributed by atoms with Crippen LogP contribution in [0.2, 0.25) is 0 Å². The number of nitrogens with zero attached hydrogens (tertiary/aromatic N) is 2. The first kappa shape index (κ1) is 15.6. The molecule has 0 bridgehead atoms. The Morgan fingerprint density at radius 2 is 1.80 bits per heavy atom. The van der Waals surface area contributed by atoms with Gasteiger partial charge in [-0.15, -0.1) is 24.2 Å². The van der Waals surface area contributed by atoms with Crippen molar-refractivity contribution in [1.82, 2.24) is 9.80 Å². The third-order valence-electron chi connectivity index (χ3n) is 3.56. The van der Waals surface area contributed by atoms with Gasteiger partial charge in [-0.25, -0.2) is 0 Å². The number of aliphatic hydroxyl groups excluding tert-OH is 1. The summed E-state index contributed by atoms with van der Waals surface area (Å²) in [6.07, 6.45) is 0. The van der Waals surface area contributed by atoms with Crippen molar-refractivity contribution in [3.63, 3.8) is 0 Å². The fourth-order valence-electron chi connectivity index (χ4n) is 2.26. The third kappa shape index (κ3) is 3.67. The smallest absolute Gasteiger partial charge is 0.253 e. The summed E-state index contributed by atoms with van der Waals surface area (Å²) in [5, 5.41) is 9.33. The summed E-state index contributed by atoms with van der Waals surface area (Å²) < 4.78 is 0. The molecular weight excluding hydrogens is 296 g/mol. The monoisotopic (exact) mass is 314 g/mol. The average Bonchev–Trinajstić information content (AvgIpc) is 2.46. The molecule has 0 saturated carbocycles. The Bertz CT molecular complexity index is 457. The maximum absolute atomic E-state index is 12.4. The van der Waals surface area contributed by atoms with Crippen LogP contribution in [-0.4, -0.2) is 52.5 Å². The molecule has 1 aromatic rings. The van der Waals surface area contributed by atoms with Gasteiger partial charge in [-0.3, -0.25) is 9.69 Å². The molecule has 0 aromatic heterocycles. The van der Waals surface area contributed by atoms with Crippen LogP contribution in [-0.2, 0) is 0 Å². The molecule has 1 N–H and O–H groups in total. The maximum Gasteiger partial charge on any atom is 0.253 e. The molecule has 2 atom stereocenters. The Hall–Kier alpha value is -0.750. The van der Waals surface area contributed by atoms with Crippen molar-refractivity contribution in [3.8, 4) is 0 Å². The summed E-state index contributed by atoms with van der Waals surface area (Å²) in [4.78, 5) is 16.3. The SMILES string of the molecule is CC(Cl)N1CCN(C(=O)c2ccc(C(O)S)cc2)CC1. The Kier molecular flexibility index (Phi) is 5.32. The molecule has 110 valence electrons. The van der Waals surface area contributed by atoms with Crippen molar-refractivity contribution < 1.29 is 9.90 Å². The van der Waals surface area contributed by atoms with Gasteiger partial charge in [0.15, 0.2) is 0 Å². The Balaban J connectivity index is 1.98. The van der Waals surface area contributed by atoms with E-state index in [2.05, 4.69) is 17.5 Å². The molecule has 4 nitrogen and oxygen atoms in total. The number of benzene rings is 1. The molecule has 0 aliphatic carbocycles. The van der Waals surface area contributed by atoms with Crippen LogP contribution >= 0.6 is 24.2 Å². The number of carbonyl (C=O) groups excluding carboxylic acids is 1. The van der Waals surface area contributed by atoms with Gasteiger partial charge in [0, 0.05) is 31.7 Å². The van der Waals surface area contributed by atoms with E-state index in [0.717, 1.165) is 13.1 Å². The maximum atomic E-state index is 12.4. The van der Waals surface area contributed by atoms with Gasteiger partial charge in [0.25, 0.3) is 5.91 Å². The number of thiol groups is 1. The molecule has 1 aromatic carbocycles. The van der Waals surface area contributed by atoms with Gasteiger partial charge in [-0.1, -0.05) is 12.1 Å². The molecule has 20 heavy (non-hydrogen) atoms. The minimum Gasteiger partial charge on any atom is -0.378 e. The Labute approximate surface area is 129 Å². The normalized spacial score (nSPS) is 19.7. The summed E-state index contributed by atoms with van der Waals surface area (Å²) in [5.41, 5.74) is 0.511. The number of hydrogen-bond donors (Lipinski definition) is 2. The number of halogens is 1. The number of rotatable bonds is 3. The molecule has 2 rings (SSSR count). The molecule has 1 saturated heterocycles. The molecule has 0 radical (unpaired) electrons. The van der Waals surface area contributed by atoms with E-state index in [9.17, 15) is 9.90 Å². The average molecular weight is 315 g/mol. The van der Waals surface area contributed by atoms with Gasteiger partial charge in [0.05, 0.1) is 5.50 Å². The lowest BCUT2D eigenvalue weighted by Gasteiger charge is -2.36. The first-order valence-electron chi connectivity index (χ1n) is 6.62. The van der Waals surface area contributed by atoms with Crippen LogP contribution in [0.3, 0.4) is 0 Å². The van der Waals surface area contributed by atoms with Crippen LogP contribution in [0.15, 0.2) is 24.3 Å². The highest BCUT2D eigenvalue weighted by Gasteiger charge is 2.23. The number of piperazine rings is 1. The Morgan fingerprint density at radius 1 is 1.25 bits per heavy atom. The molecule has 0 spiro atoms. The fourth-order valence-corrected chi connectivity index (χ4v) is 2.63. The summed E-state index contributed by atoms with van der Waals surface area (Å²) >= 11 is 9.99. The Morgan fingerprint density at radius 3 is 2.25 bits per heavy atom. The zero-order chi connectivity index (χ0) is 14.7. The first-order chi connectivity index (χ1) is 9.49. The van der Waals surface area contributed by atoms with Gasteiger partial charge in [-0.05, 0) is 24.6 Å². The zero-order valence-electron chi connectivity index (χ0n) is 11.4. The van der Waals surface area contributed by atoms with Crippen LogP contribution in [0.1, 0.15) is 28.3 Å². The zero-order valence-corrected chi connectivity index (χ0v) is 13.0. The second kappa shape index (κ2) is 6.80. The van der Waals surface area contributed by atoms with Crippen LogP contribution in [0.25, 0.3) is 0 Å². The quantitative estimate of drug-likeness (QED) is 0.388.